The van der Waals surface area contributed by atoms with Crippen molar-refractivity contribution in [2.75, 3.05) is 13.2 Å². The highest BCUT2D eigenvalue weighted by Crippen LogP contribution is 2.15. The normalized spacial score (nSPS) is 10.7. The minimum absolute atomic E-state index is 0.177. The van der Waals surface area contributed by atoms with Gasteiger partial charge in [-0.05, 0) is 65.7 Å². The van der Waals surface area contributed by atoms with Crippen molar-refractivity contribution in [3.63, 3.8) is 0 Å². The van der Waals surface area contributed by atoms with Crippen LogP contribution in [0.15, 0.2) is 85.5 Å². The maximum atomic E-state index is 12.9. The number of halogens is 1. The van der Waals surface area contributed by atoms with E-state index in [1.807, 2.05) is 48.5 Å². The highest BCUT2D eigenvalue weighted by Gasteiger charge is 2.02. The number of benzene rings is 3. The number of allylic oxidation sites excluding steroid dienone is 1. The van der Waals surface area contributed by atoms with Crippen molar-refractivity contribution >= 4 is 17.9 Å². The van der Waals surface area contributed by atoms with Gasteiger partial charge in [0, 0.05) is 5.56 Å². The SMILES string of the molecule is C=Cc1ccc(OCCOc2ccc(/C=C/C(=O)c3ccc(F)cc3)cc2)cc1. The van der Waals surface area contributed by atoms with Crippen LogP contribution in [0.1, 0.15) is 21.5 Å². The number of rotatable bonds is 9. The molecule has 0 radical (unpaired) electrons. The van der Waals surface area contributed by atoms with Crippen LogP contribution in [0.25, 0.3) is 12.2 Å². The topological polar surface area (TPSA) is 35.5 Å². The minimum Gasteiger partial charge on any atom is -0.490 e. The number of ether oxygens (including phenoxy) is 2. The monoisotopic (exact) mass is 388 g/mol. The third-order valence-electron chi connectivity index (χ3n) is 4.17. The van der Waals surface area contributed by atoms with Crippen molar-refractivity contribution in [1.82, 2.24) is 0 Å². The van der Waals surface area contributed by atoms with Crippen LogP contribution in [0.4, 0.5) is 4.39 Å². The number of carbonyl (C=O) groups is 1. The van der Waals surface area contributed by atoms with Gasteiger partial charge in [-0.1, -0.05) is 43.0 Å². The fourth-order valence-electron chi connectivity index (χ4n) is 2.58. The molecular weight excluding hydrogens is 367 g/mol. The first-order chi connectivity index (χ1) is 14.1. The van der Waals surface area contributed by atoms with Gasteiger partial charge in [0.2, 0.25) is 0 Å². The highest BCUT2D eigenvalue weighted by atomic mass is 19.1. The van der Waals surface area contributed by atoms with Crippen LogP contribution in [-0.2, 0) is 0 Å². The first-order valence-electron chi connectivity index (χ1n) is 9.20. The van der Waals surface area contributed by atoms with Gasteiger partial charge in [-0.2, -0.15) is 0 Å². The summed E-state index contributed by atoms with van der Waals surface area (Å²) in [5.74, 6) is 0.962. The van der Waals surface area contributed by atoms with E-state index in [0.717, 1.165) is 22.6 Å². The summed E-state index contributed by atoms with van der Waals surface area (Å²) in [6.07, 6.45) is 4.96. The summed E-state index contributed by atoms with van der Waals surface area (Å²) in [7, 11) is 0. The Kier molecular flexibility index (Phi) is 6.95. The first-order valence-corrected chi connectivity index (χ1v) is 9.20. The highest BCUT2D eigenvalue weighted by molar-refractivity contribution is 6.06. The van der Waals surface area contributed by atoms with E-state index in [1.165, 1.54) is 30.3 Å². The molecule has 0 saturated heterocycles. The molecule has 0 bridgehead atoms. The second kappa shape index (κ2) is 10.0. The second-order valence-corrected chi connectivity index (χ2v) is 6.24. The summed E-state index contributed by atoms with van der Waals surface area (Å²) < 4.78 is 24.2. The number of hydrogen-bond acceptors (Lipinski definition) is 3. The number of hydrogen-bond donors (Lipinski definition) is 0. The minimum atomic E-state index is -0.364. The van der Waals surface area contributed by atoms with Crippen molar-refractivity contribution in [2.24, 2.45) is 0 Å². The Morgan fingerprint density at radius 1 is 0.793 bits per heavy atom. The molecule has 0 saturated carbocycles. The molecular formula is C25H21FO3. The van der Waals surface area contributed by atoms with E-state index in [1.54, 1.807) is 12.2 Å². The van der Waals surface area contributed by atoms with Crippen LogP contribution in [-0.4, -0.2) is 19.0 Å². The zero-order chi connectivity index (χ0) is 20.5. The van der Waals surface area contributed by atoms with Gasteiger partial charge in [-0.3, -0.25) is 4.79 Å². The maximum absolute atomic E-state index is 12.9. The number of carbonyl (C=O) groups excluding carboxylic acids is 1. The average molecular weight is 388 g/mol. The number of ketones is 1. The summed E-state index contributed by atoms with van der Waals surface area (Å²) in [6.45, 7) is 4.57. The summed E-state index contributed by atoms with van der Waals surface area (Å²) >= 11 is 0. The summed E-state index contributed by atoms with van der Waals surface area (Å²) in [5, 5.41) is 0. The van der Waals surface area contributed by atoms with Gasteiger partial charge >= 0.3 is 0 Å². The van der Waals surface area contributed by atoms with Gasteiger partial charge in [0.1, 0.15) is 30.5 Å². The van der Waals surface area contributed by atoms with Crippen LogP contribution in [0.2, 0.25) is 0 Å². The van der Waals surface area contributed by atoms with Crippen LogP contribution >= 0.6 is 0 Å². The van der Waals surface area contributed by atoms with Crippen molar-refractivity contribution in [3.05, 3.63) is 108 Å². The average Bonchev–Trinajstić information content (AvgIpc) is 2.77. The van der Waals surface area contributed by atoms with Crippen LogP contribution in [0, 0.1) is 5.82 Å². The lowest BCUT2D eigenvalue weighted by molar-refractivity contribution is 0.104. The lowest BCUT2D eigenvalue weighted by Gasteiger charge is -2.08. The first kappa shape index (κ1) is 20.1. The molecule has 0 aromatic heterocycles. The Hall–Kier alpha value is -3.66. The van der Waals surface area contributed by atoms with Crippen molar-refractivity contribution < 1.29 is 18.7 Å². The van der Waals surface area contributed by atoms with E-state index in [-0.39, 0.29) is 11.6 Å². The van der Waals surface area contributed by atoms with Gasteiger partial charge in [0.15, 0.2) is 5.78 Å². The molecule has 0 heterocycles. The molecule has 4 heteroatoms. The lowest BCUT2D eigenvalue weighted by Crippen LogP contribution is -2.08. The molecule has 0 amide bonds. The fraction of sp³-hybridized carbons (Fsp3) is 0.0800. The molecule has 146 valence electrons. The van der Waals surface area contributed by atoms with E-state index in [4.69, 9.17) is 9.47 Å². The predicted molar refractivity (Wildman–Crippen MR) is 114 cm³/mol. The smallest absolute Gasteiger partial charge is 0.185 e. The molecule has 3 aromatic carbocycles. The summed E-state index contributed by atoms with van der Waals surface area (Å²) in [5.41, 5.74) is 2.36. The lowest BCUT2D eigenvalue weighted by atomic mass is 10.1. The quantitative estimate of drug-likeness (QED) is 0.263. The Bertz CT molecular complexity index is 972. The predicted octanol–water partition coefficient (Wildman–Crippen LogP) is 5.82. The Labute approximate surface area is 169 Å². The van der Waals surface area contributed by atoms with Gasteiger partial charge in [-0.25, -0.2) is 4.39 Å². The standard InChI is InChI=1S/C25H21FO3/c1-2-19-3-12-23(13-4-19)28-17-18-29-24-14-5-20(6-15-24)7-16-25(27)21-8-10-22(26)11-9-21/h2-16H,1,17-18H2/b16-7+. The second-order valence-electron chi connectivity index (χ2n) is 6.24. The third kappa shape index (κ3) is 6.18. The van der Waals surface area contributed by atoms with Gasteiger partial charge < -0.3 is 9.47 Å². The Morgan fingerprint density at radius 2 is 1.31 bits per heavy atom. The zero-order valence-electron chi connectivity index (χ0n) is 15.9. The molecule has 0 aliphatic carbocycles. The van der Waals surface area contributed by atoms with Gasteiger partial charge in [-0.15, -0.1) is 0 Å². The van der Waals surface area contributed by atoms with E-state index >= 15 is 0 Å². The molecule has 3 rings (SSSR count). The Balaban J connectivity index is 1.45. The molecule has 3 nitrogen and oxygen atoms in total. The summed E-state index contributed by atoms with van der Waals surface area (Å²) in [4.78, 5) is 12.1. The van der Waals surface area contributed by atoms with Gasteiger partial charge in [0.05, 0.1) is 0 Å². The van der Waals surface area contributed by atoms with Crippen molar-refractivity contribution in [2.45, 2.75) is 0 Å². The van der Waals surface area contributed by atoms with Crippen LogP contribution < -0.4 is 9.47 Å². The molecule has 0 N–H and O–H groups in total. The summed E-state index contributed by atoms with van der Waals surface area (Å²) in [6, 6.07) is 20.5. The van der Waals surface area contributed by atoms with Crippen LogP contribution in [0.5, 0.6) is 11.5 Å². The van der Waals surface area contributed by atoms with Crippen LogP contribution in [0.3, 0.4) is 0 Å². The molecule has 3 aromatic rings. The zero-order valence-corrected chi connectivity index (χ0v) is 15.9. The molecule has 0 aliphatic rings. The maximum Gasteiger partial charge on any atom is 0.185 e. The molecule has 0 fully saturated rings. The van der Waals surface area contributed by atoms with E-state index in [9.17, 15) is 9.18 Å². The van der Waals surface area contributed by atoms with E-state index in [2.05, 4.69) is 6.58 Å². The molecule has 0 unspecified atom stereocenters. The van der Waals surface area contributed by atoms with Crippen molar-refractivity contribution in [3.8, 4) is 11.5 Å². The molecule has 0 atom stereocenters. The largest absolute Gasteiger partial charge is 0.490 e. The molecule has 0 aliphatic heterocycles. The molecule has 29 heavy (non-hydrogen) atoms. The fourth-order valence-corrected chi connectivity index (χ4v) is 2.58. The van der Waals surface area contributed by atoms with Gasteiger partial charge in [0.25, 0.3) is 0 Å². The Morgan fingerprint density at radius 3 is 1.83 bits per heavy atom. The van der Waals surface area contributed by atoms with E-state index in [0.29, 0.717) is 18.8 Å². The third-order valence-corrected chi connectivity index (χ3v) is 4.17. The van der Waals surface area contributed by atoms with Crippen molar-refractivity contribution in [1.29, 1.82) is 0 Å². The van der Waals surface area contributed by atoms with E-state index < -0.39 is 0 Å². The molecule has 0 spiro atoms.